The van der Waals surface area contributed by atoms with E-state index in [1.165, 1.54) is 0 Å². The van der Waals surface area contributed by atoms with Crippen LogP contribution in [-0.2, 0) is 12.7 Å². The van der Waals surface area contributed by atoms with Crippen LogP contribution in [-0.4, -0.2) is 12.0 Å². The molecular formula is C2FIO3. The fourth-order valence-electron chi connectivity index (χ4n) is 0.0303. The Kier molecular flexibility index (Phi) is 2.81. The van der Waals surface area contributed by atoms with Crippen LogP contribution in [0.2, 0.25) is 0 Å². The Labute approximate surface area is 52.5 Å². The molecule has 5 heteroatoms. The highest BCUT2D eigenvalue weighted by atomic mass is 127. The second-order valence-electron chi connectivity index (χ2n) is 0.638. The number of carbonyl (C=O) groups excluding carboxylic acids is 2. The van der Waals surface area contributed by atoms with E-state index in [0.717, 1.165) is 23.0 Å². The maximum absolute atomic E-state index is 11.0. The zero-order valence-corrected chi connectivity index (χ0v) is 5.14. The zero-order valence-electron chi connectivity index (χ0n) is 2.98. The van der Waals surface area contributed by atoms with Crippen LogP contribution >= 0.6 is 23.0 Å². The SMILES string of the molecule is O=C(F)C(=O)OI. The standard InChI is InChI=1S/C2FIO3/c3-1(5)2(6)7-4. The predicted molar refractivity (Wildman–Crippen MR) is 26.2 cm³/mol. The van der Waals surface area contributed by atoms with Crippen LogP contribution < -0.4 is 0 Å². The number of carbonyl (C=O) groups is 2. The molecule has 3 nitrogen and oxygen atoms in total. The van der Waals surface area contributed by atoms with Gasteiger partial charge in [-0.3, -0.25) is 0 Å². The third kappa shape index (κ3) is 2.49. The first-order valence-electron chi connectivity index (χ1n) is 1.21. The largest absolute Gasteiger partial charge is 0.418 e. The first-order valence-corrected chi connectivity index (χ1v) is 2.09. The molecule has 0 heterocycles. The maximum atomic E-state index is 11.0. The second kappa shape index (κ2) is 2.89. The van der Waals surface area contributed by atoms with Crippen LogP contribution in [0.15, 0.2) is 0 Å². The van der Waals surface area contributed by atoms with Crippen molar-refractivity contribution < 1.29 is 17.0 Å². The van der Waals surface area contributed by atoms with Gasteiger partial charge in [-0.05, 0) is 0 Å². The molecule has 0 aliphatic rings. The first kappa shape index (κ1) is 6.80. The van der Waals surface area contributed by atoms with E-state index in [-0.39, 0.29) is 0 Å². The molecule has 0 aromatic heterocycles. The number of hydrogen-bond donors (Lipinski definition) is 0. The zero-order chi connectivity index (χ0) is 5.86. The Morgan fingerprint density at radius 2 is 2.00 bits per heavy atom. The summed E-state index contributed by atoms with van der Waals surface area (Å²) < 4.78 is 14.6. The Hall–Kier alpha value is -0.200. The van der Waals surface area contributed by atoms with Crippen molar-refractivity contribution in [2.24, 2.45) is 0 Å². The topological polar surface area (TPSA) is 43.4 Å². The number of rotatable bonds is 1. The van der Waals surface area contributed by atoms with Gasteiger partial charge in [-0.15, -0.1) is 0 Å². The van der Waals surface area contributed by atoms with Crippen LogP contribution in [0.4, 0.5) is 4.39 Å². The lowest BCUT2D eigenvalue weighted by Crippen LogP contribution is -2.05. The van der Waals surface area contributed by atoms with Gasteiger partial charge in [0.05, 0.1) is 0 Å². The Balaban J connectivity index is 3.58. The molecule has 0 fully saturated rings. The van der Waals surface area contributed by atoms with Gasteiger partial charge >= 0.3 is 12.0 Å². The van der Waals surface area contributed by atoms with Crippen LogP contribution in [0.3, 0.4) is 0 Å². The first-order chi connectivity index (χ1) is 3.18. The lowest BCUT2D eigenvalue weighted by Gasteiger charge is -1.79. The minimum Gasteiger partial charge on any atom is -0.387 e. The fraction of sp³-hybridized carbons (Fsp3) is 0. The maximum Gasteiger partial charge on any atom is 0.418 e. The highest BCUT2D eigenvalue weighted by Gasteiger charge is 2.11. The van der Waals surface area contributed by atoms with Crippen molar-refractivity contribution in [1.29, 1.82) is 0 Å². The van der Waals surface area contributed by atoms with Gasteiger partial charge in [-0.2, -0.15) is 4.39 Å². The summed E-state index contributed by atoms with van der Waals surface area (Å²) in [5, 5.41) is 0. The Morgan fingerprint density at radius 3 is 2.00 bits per heavy atom. The third-order valence-electron chi connectivity index (χ3n) is 0.231. The highest BCUT2D eigenvalue weighted by Crippen LogP contribution is 1.87. The minimum absolute atomic E-state index is 1.12. The average Bonchev–Trinajstić information content (AvgIpc) is 1.65. The van der Waals surface area contributed by atoms with E-state index >= 15 is 0 Å². The normalized spacial score (nSPS) is 7.71. The molecule has 0 bridgehead atoms. The Morgan fingerprint density at radius 1 is 1.57 bits per heavy atom. The molecule has 0 atom stereocenters. The van der Waals surface area contributed by atoms with E-state index in [2.05, 4.69) is 3.07 Å². The van der Waals surface area contributed by atoms with E-state index in [1.54, 1.807) is 0 Å². The van der Waals surface area contributed by atoms with Gasteiger partial charge in [-0.1, -0.05) is 0 Å². The van der Waals surface area contributed by atoms with Gasteiger partial charge in [0.25, 0.3) is 0 Å². The molecule has 0 aliphatic carbocycles. The number of halogens is 2. The molecule has 0 unspecified atom stereocenters. The summed E-state index contributed by atoms with van der Waals surface area (Å²) in [6.07, 6.45) is 0. The van der Waals surface area contributed by atoms with Gasteiger partial charge in [0.15, 0.2) is 23.0 Å². The summed E-state index contributed by atoms with van der Waals surface area (Å²) in [5.74, 6) is -1.47. The second-order valence-corrected chi connectivity index (χ2v) is 1.08. The molecule has 0 saturated heterocycles. The highest BCUT2D eigenvalue weighted by molar-refractivity contribution is 14.1. The van der Waals surface area contributed by atoms with Crippen LogP contribution in [0.1, 0.15) is 0 Å². The van der Waals surface area contributed by atoms with Crippen molar-refractivity contribution in [2.45, 2.75) is 0 Å². The molecule has 0 aromatic rings. The quantitative estimate of drug-likeness (QED) is 0.363. The van der Waals surface area contributed by atoms with Crippen LogP contribution in [0.5, 0.6) is 0 Å². The molecule has 0 radical (unpaired) electrons. The summed E-state index contributed by atoms with van der Waals surface area (Å²) >= 11 is 1.12. The molecule has 0 amide bonds. The van der Waals surface area contributed by atoms with Gasteiger partial charge in [0.2, 0.25) is 0 Å². The van der Waals surface area contributed by atoms with Crippen LogP contribution in [0.25, 0.3) is 0 Å². The van der Waals surface area contributed by atoms with E-state index in [4.69, 9.17) is 0 Å². The molecule has 0 spiro atoms. The molecule has 7 heavy (non-hydrogen) atoms. The lowest BCUT2D eigenvalue weighted by atomic mass is 10.8. The predicted octanol–water partition coefficient (Wildman–Crippen LogP) is 0.376. The van der Waals surface area contributed by atoms with Crippen molar-refractivity contribution in [2.75, 3.05) is 0 Å². The van der Waals surface area contributed by atoms with Crippen molar-refractivity contribution in [1.82, 2.24) is 0 Å². The lowest BCUT2D eigenvalue weighted by molar-refractivity contribution is -0.151. The van der Waals surface area contributed by atoms with Gasteiger partial charge in [-0.25, -0.2) is 9.59 Å². The van der Waals surface area contributed by atoms with E-state index in [0.29, 0.717) is 0 Å². The Bertz CT molecular complexity index is 101. The molecule has 0 rings (SSSR count). The van der Waals surface area contributed by atoms with E-state index < -0.39 is 12.0 Å². The molecule has 40 valence electrons. The summed E-state index contributed by atoms with van der Waals surface area (Å²) in [6.45, 7) is 0. The van der Waals surface area contributed by atoms with Gasteiger partial charge in [0.1, 0.15) is 0 Å². The minimum atomic E-state index is -2.07. The van der Waals surface area contributed by atoms with Crippen molar-refractivity contribution >= 4 is 35.0 Å². The van der Waals surface area contributed by atoms with E-state index in [1.807, 2.05) is 0 Å². The molecule has 0 aliphatic heterocycles. The molecule has 0 N–H and O–H groups in total. The average molecular weight is 218 g/mol. The summed E-state index contributed by atoms with van der Waals surface area (Å²) in [6, 6.07) is -2.07. The number of hydrogen-bond acceptors (Lipinski definition) is 3. The van der Waals surface area contributed by atoms with Crippen molar-refractivity contribution in [3.8, 4) is 0 Å². The van der Waals surface area contributed by atoms with Crippen molar-refractivity contribution in [3.63, 3.8) is 0 Å². The molecular weight excluding hydrogens is 218 g/mol. The molecule has 0 aromatic carbocycles. The monoisotopic (exact) mass is 218 g/mol. The summed E-state index contributed by atoms with van der Waals surface area (Å²) in [5.41, 5.74) is 0. The van der Waals surface area contributed by atoms with Crippen molar-refractivity contribution in [3.05, 3.63) is 0 Å². The van der Waals surface area contributed by atoms with Gasteiger partial charge < -0.3 is 3.07 Å². The summed E-state index contributed by atoms with van der Waals surface area (Å²) in [4.78, 5) is 18.8. The summed E-state index contributed by atoms with van der Waals surface area (Å²) in [7, 11) is 0. The molecule has 0 saturated carbocycles. The smallest absolute Gasteiger partial charge is 0.387 e. The van der Waals surface area contributed by atoms with Gasteiger partial charge in [0, 0.05) is 0 Å². The fourth-order valence-corrected chi connectivity index (χ4v) is 0.203. The van der Waals surface area contributed by atoms with E-state index in [9.17, 15) is 14.0 Å². The third-order valence-corrected chi connectivity index (χ3v) is 0.631. The van der Waals surface area contributed by atoms with Crippen LogP contribution in [0, 0.1) is 0 Å².